The molecule has 0 spiro atoms. The van der Waals surface area contributed by atoms with E-state index in [1.807, 2.05) is 0 Å². The van der Waals surface area contributed by atoms with Gasteiger partial charge in [0.1, 0.15) is 24.4 Å². The summed E-state index contributed by atoms with van der Waals surface area (Å²) in [5, 5.41) is 27.0. The molecule has 0 bridgehead atoms. The fraction of sp³-hybridized carbons (Fsp3) is 1.00. The lowest BCUT2D eigenvalue weighted by molar-refractivity contribution is -0.332. The van der Waals surface area contributed by atoms with Crippen molar-refractivity contribution in [2.45, 2.75) is 30.8 Å². The van der Waals surface area contributed by atoms with Crippen molar-refractivity contribution in [2.24, 2.45) is 0 Å². The smallest absolute Gasteiger partial charge is 0.394 e. The predicted molar refractivity (Wildman–Crippen MR) is 39.8 cm³/mol. The van der Waals surface area contributed by atoms with Gasteiger partial charge >= 0.3 is 6.36 Å². The van der Waals surface area contributed by atoms with Crippen LogP contribution in [0.4, 0.5) is 13.2 Å². The molecule has 1 rings (SSSR count). The molecule has 1 heterocycles. The monoisotopic (exact) mass is 232 g/mol. The van der Waals surface area contributed by atoms with E-state index in [1.54, 1.807) is 0 Å². The Morgan fingerprint density at radius 3 is 2.07 bits per heavy atom. The van der Waals surface area contributed by atoms with E-state index < -0.39 is 44.0 Å². The zero-order valence-electron chi connectivity index (χ0n) is 7.52. The second kappa shape index (κ2) is 4.62. The van der Waals surface area contributed by atoms with Gasteiger partial charge in [0.05, 0.1) is 13.2 Å². The van der Waals surface area contributed by atoms with Crippen molar-refractivity contribution in [3.63, 3.8) is 0 Å². The third-order valence-electron chi connectivity index (χ3n) is 2.05. The second-order valence-corrected chi connectivity index (χ2v) is 3.13. The van der Waals surface area contributed by atoms with Crippen LogP contribution in [0.15, 0.2) is 0 Å². The highest BCUT2D eigenvalue weighted by Gasteiger charge is 2.44. The van der Waals surface area contributed by atoms with E-state index in [4.69, 9.17) is 9.84 Å². The van der Waals surface area contributed by atoms with E-state index in [9.17, 15) is 23.4 Å². The van der Waals surface area contributed by atoms with Gasteiger partial charge in [0.25, 0.3) is 0 Å². The summed E-state index contributed by atoms with van der Waals surface area (Å²) < 4.78 is 43.1. The summed E-state index contributed by atoms with van der Waals surface area (Å²) in [6.07, 6.45) is -10.1. The first kappa shape index (κ1) is 12.7. The molecule has 0 saturated carbocycles. The van der Waals surface area contributed by atoms with E-state index in [0.717, 1.165) is 0 Å². The Bertz CT molecular complexity index is 209. The Morgan fingerprint density at radius 1 is 1.13 bits per heavy atom. The maximum atomic E-state index is 11.6. The lowest BCUT2D eigenvalue weighted by Crippen LogP contribution is -2.36. The zero-order chi connectivity index (χ0) is 11.6. The van der Waals surface area contributed by atoms with E-state index in [2.05, 4.69) is 4.74 Å². The highest BCUT2D eigenvalue weighted by molar-refractivity contribution is 4.90. The molecule has 0 radical (unpaired) electrons. The highest BCUT2D eigenvalue weighted by atomic mass is 19.4. The number of aliphatic hydroxyl groups excluding tert-OH is 3. The molecule has 1 saturated heterocycles. The fourth-order valence-corrected chi connectivity index (χ4v) is 1.29. The van der Waals surface area contributed by atoms with Crippen LogP contribution in [0.25, 0.3) is 0 Å². The van der Waals surface area contributed by atoms with Gasteiger partial charge in [-0.15, -0.1) is 13.2 Å². The second-order valence-electron chi connectivity index (χ2n) is 3.13. The van der Waals surface area contributed by atoms with Crippen LogP contribution in [0, 0.1) is 0 Å². The number of aliphatic hydroxyl groups is 3. The Balaban J connectivity index is 2.44. The molecule has 0 aromatic heterocycles. The zero-order valence-corrected chi connectivity index (χ0v) is 7.52. The normalized spacial score (nSPS) is 37.2. The molecule has 0 aliphatic carbocycles. The molecule has 0 aromatic carbocycles. The molecule has 15 heavy (non-hydrogen) atoms. The van der Waals surface area contributed by atoms with Gasteiger partial charge in [0, 0.05) is 0 Å². The van der Waals surface area contributed by atoms with Gasteiger partial charge in [0.15, 0.2) is 0 Å². The topological polar surface area (TPSA) is 79.2 Å². The van der Waals surface area contributed by atoms with Crippen LogP contribution in [0.2, 0.25) is 0 Å². The van der Waals surface area contributed by atoms with Crippen molar-refractivity contribution in [1.29, 1.82) is 0 Å². The molecule has 1 aliphatic rings. The lowest BCUT2D eigenvalue weighted by atomic mass is 10.1. The Kier molecular flexibility index (Phi) is 3.90. The van der Waals surface area contributed by atoms with E-state index in [0.29, 0.717) is 0 Å². The molecule has 3 N–H and O–H groups in total. The van der Waals surface area contributed by atoms with Gasteiger partial charge in [-0.2, -0.15) is 0 Å². The molecule has 1 fully saturated rings. The summed E-state index contributed by atoms with van der Waals surface area (Å²) in [7, 11) is 0. The van der Waals surface area contributed by atoms with Gasteiger partial charge in [-0.25, -0.2) is 0 Å². The first-order valence-corrected chi connectivity index (χ1v) is 4.18. The molecular formula is C7H11F3O5. The molecule has 5 nitrogen and oxygen atoms in total. The number of ether oxygens (including phenoxy) is 2. The summed E-state index contributed by atoms with van der Waals surface area (Å²) in [6, 6.07) is 0. The minimum Gasteiger partial charge on any atom is -0.394 e. The number of hydrogen-bond donors (Lipinski definition) is 3. The van der Waals surface area contributed by atoms with Crippen molar-refractivity contribution in [3.05, 3.63) is 0 Å². The van der Waals surface area contributed by atoms with Crippen LogP contribution in [0.1, 0.15) is 0 Å². The Hall–Kier alpha value is -0.410. The molecule has 0 aromatic rings. The molecule has 0 amide bonds. The van der Waals surface area contributed by atoms with Gasteiger partial charge in [0.2, 0.25) is 0 Å². The van der Waals surface area contributed by atoms with Crippen LogP contribution in [-0.4, -0.2) is 59.3 Å². The quantitative estimate of drug-likeness (QED) is 0.582. The summed E-state index contributed by atoms with van der Waals surface area (Å²) in [4.78, 5) is 0. The molecule has 4 atom stereocenters. The molecule has 1 aliphatic heterocycles. The minimum absolute atomic E-state index is 0.583. The average molecular weight is 232 g/mol. The number of rotatable bonds is 3. The van der Waals surface area contributed by atoms with E-state index in [-0.39, 0.29) is 0 Å². The fourth-order valence-electron chi connectivity index (χ4n) is 1.29. The molecule has 90 valence electrons. The van der Waals surface area contributed by atoms with Gasteiger partial charge in [-0.05, 0) is 0 Å². The van der Waals surface area contributed by atoms with Crippen molar-refractivity contribution < 1.29 is 38.0 Å². The van der Waals surface area contributed by atoms with Crippen LogP contribution < -0.4 is 0 Å². The number of alkyl halides is 3. The highest BCUT2D eigenvalue weighted by Crippen LogP contribution is 2.24. The summed E-state index contributed by atoms with van der Waals surface area (Å²) in [5.41, 5.74) is 0. The average Bonchev–Trinajstić information content (AvgIpc) is 2.40. The lowest BCUT2D eigenvalue weighted by Gasteiger charge is -2.15. The maximum Gasteiger partial charge on any atom is 0.522 e. The van der Waals surface area contributed by atoms with Crippen LogP contribution >= 0.6 is 0 Å². The van der Waals surface area contributed by atoms with Crippen LogP contribution in [-0.2, 0) is 9.47 Å². The van der Waals surface area contributed by atoms with Gasteiger partial charge in [-0.3, -0.25) is 4.74 Å². The summed E-state index contributed by atoms with van der Waals surface area (Å²) >= 11 is 0. The SMILES string of the molecule is OC[C@H]1O[C@@H](COC(F)(F)F)[C@@H](O)[C@@H]1O. The maximum absolute atomic E-state index is 11.6. The third-order valence-corrected chi connectivity index (χ3v) is 2.05. The first-order valence-electron chi connectivity index (χ1n) is 4.18. The largest absolute Gasteiger partial charge is 0.522 e. The number of halogens is 3. The molecular weight excluding hydrogens is 221 g/mol. The number of hydrogen-bond acceptors (Lipinski definition) is 5. The van der Waals surface area contributed by atoms with Crippen LogP contribution in [0.3, 0.4) is 0 Å². The standard InChI is InChI=1S/C7H11F3O5/c8-7(9,10)14-2-4-6(13)5(12)3(1-11)15-4/h3-6,11-13H,1-2H2/t3-,4+,5-,6-/m1/s1. The van der Waals surface area contributed by atoms with Crippen molar-refractivity contribution in [2.75, 3.05) is 13.2 Å². The van der Waals surface area contributed by atoms with Crippen molar-refractivity contribution >= 4 is 0 Å². The van der Waals surface area contributed by atoms with Gasteiger partial charge < -0.3 is 20.1 Å². The Morgan fingerprint density at radius 2 is 1.67 bits per heavy atom. The summed E-state index contributed by atoms with van der Waals surface area (Å²) in [5.74, 6) is 0. The Labute approximate surface area is 83.0 Å². The minimum atomic E-state index is -4.81. The van der Waals surface area contributed by atoms with Crippen LogP contribution in [0.5, 0.6) is 0 Å². The van der Waals surface area contributed by atoms with Crippen molar-refractivity contribution in [3.8, 4) is 0 Å². The van der Waals surface area contributed by atoms with Crippen molar-refractivity contribution in [1.82, 2.24) is 0 Å². The van der Waals surface area contributed by atoms with E-state index in [1.165, 1.54) is 0 Å². The molecule has 8 heteroatoms. The molecule has 0 unspecified atom stereocenters. The van der Waals surface area contributed by atoms with E-state index >= 15 is 0 Å². The third kappa shape index (κ3) is 3.28. The first-order chi connectivity index (χ1) is 6.85. The predicted octanol–water partition coefficient (Wildman–Crippen LogP) is -0.996. The summed E-state index contributed by atoms with van der Waals surface area (Å²) in [6.45, 7) is -1.50. The van der Waals surface area contributed by atoms with Gasteiger partial charge in [-0.1, -0.05) is 0 Å².